The van der Waals surface area contributed by atoms with Gasteiger partial charge in [0.25, 0.3) is 0 Å². The van der Waals surface area contributed by atoms with Crippen LogP contribution in [0.4, 0.5) is 4.79 Å². The first-order valence-electron chi connectivity index (χ1n) is 5.10. The van der Waals surface area contributed by atoms with Gasteiger partial charge in [0.1, 0.15) is 6.10 Å². The Labute approximate surface area is 89.4 Å². The molecule has 3 nitrogen and oxygen atoms in total. The number of ether oxygens (including phenoxy) is 1. The number of nitrogens with one attached hydrogen (secondary N) is 1. The quantitative estimate of drug-likeness (QED) is 0.764. The molecule has 1 amide bonds. The van der Waals surface area contributed by atoms with Crippen molar-refractivity contribution in [3.8, 4) is 0 Å². The van der Waals surface area contributed by atoms with Gasteiger partial charge in [-0.3, -0.25) is 0 Å². The summed E-state index contributed by atoms with van der Waals surface area (Å²) in [6, 6.07) is 4.24. The minimum atomic E-state index is -0.320. The maximum Gasteiger partial charge on any atom is 0.407 e. The Morgan fingerprint density at radius 1 is 1.27 bits per heavy atom. The van der Waals surface area contributed by atoms with E-state index in [2.05, 4.69) is 38.2 Å². The Morgan fingerprint density at radius 3 is 2.33 bits per heavy atom. The van der Waals surface area contributed by atoms with Crippen LogP contribution in [0.2, 0.25) is 0 Å². The van der Waals surface area contributed by atoms with E-state index in [0.717, 1.165) is 5.56 Å². The van der Waals surface area contributed by atoms with Crippen molar-refractivity contribution in [2.45, 2.75) is 26.9 Å². The third-order valence-corrected chi connectivity index (χ3v) is 2.74. The zero-order chi connectivity index (χ0) is 11.0. The number of cyclic esters (lactones) is 1. The fourth-order valence-electron chi connectivity index (χ4n) is 2.25. The van der Waals surface area contributed by atoms with Crippen LogP contribution < -0.4 is 5.32 Å². The summed E-state index contributed by atoms with van der Waals surface area (Å²) < 4.78 is 5.20. The third-order valence-electron chi connectivity index (χ3n) is 2.74. The molecule has 15 heavy (non-hydrogen) atoms. The van der Waals surface area contributed by atoms with Crippen molar-refractivity contribution in [3.05, 3.63) is 34.4 Å². The lowest BCUT2D eigenvalue weighted by atomic mass is 9.96. The van der Waals surface area contributed by atoms with E-state index in [9.17, 15) is 4.79 Å². The molecule has 0 saturated carbocycles. The number of hydrogen-bond donors (Lipinski definition) is 1. The Morgan fingerprint density at radius 2 is 1.87 bits per heavy atom. The lowest BCUT2D eigenvalue weighted by Crippen LogP contribution is -2.13. The van der Waals surface area contributed by atoms with Crippen molar-refractivity contribution in [1.82, 2.24) is 5.32 Å². The maximum absolute atomic E-state index is 11.0. The molecule has 80 valence electrons. The lowest BCUT2D eigenvalue weighted by Gasteiger charge is -2.15. The highest BCUT2D eigenvalue weighted by atomic mass is 16.6. The molecule has 0 aromatic heterocycles. The Hall–Kier alpha value is -1.51. The van der Waals surface area contributed by atoms with Crippen LogP contribution in [0.15, 0.2) is 12.1 Å². The van der Waals surface area contributed by atoms with Crippen LogP contribution in [0.5, 0.6) is 0 Å². The second kappa shape index (κ2) is 3.57. The van der Waals surface area contributed by atoms with Gasteiger partial charge in [-0.2, -0.15) is 0 Å². The second-order valence-electron chi connectivity index (χ2n) is 4.09. The van der Waals surface area contributed by atoms with Crippen molar-refractivity contribution in [1.29, 1.82) is 0 Å². The van der Waals surface area contributed by atoms with Gasteiger partial charge in [-0.05, 0) is 31.9 Å². The van der Waals surface area contributed by atoms with Gasteiger partial charge in [-0.25, -0.2) is 4.79 Å². The third kappa shape index (κ3) is 1.82. The minimum Gasteiger partial charge on any atom is -0.439 e. The molecule has 1 aliphatic rings. The van der Waals surface area contributed by atoms with E-state index in [1.807, 2.05) is 0 Å². The van der Waals surface area contributed by atoms with Crippen LogP contribution in [0.3, 0.4) is 0 Å². The largest absolute Gasteiger partial charge is 0.439 e. The first kappa shape index (κ1) is 10.0. The minimum absolute atomic E-state index is 0.127. The van der Waals surface area contributed by atoms with E-state index < -0.39 is 0 Å². The molecule has 1 aliphatic heterocycles. The van der Waals surface area contributed by atoms with Crippen LogP contribution in [0.25, 0.3) is 0 Å². The predicted octanol–water partition coefficient (Wildman–Crippen LogP) is 2.39. The van der Waals surface area contributed by atoms with E-state index >= 15 is 0 Å². The molecule has 0 radical (unpaired) electrons. The standard InChI is InChI=1S/C12H15NO2/c1-7-4-8(2)11(9(3)5-7)10-6-13-12(14)15-10/h4-5,10H,6H2,1-3H3,(H,13,14). The zero-order valence-corrected chi connectivity index (χ0v) is 9.26. The van der Waals surface area contributed by atoms with Crippen molar-refractivity contribution >= 4 is 6.09 Å². The Bertz CT molecular complexity index is 389. The zero-order valence-electron chi connectivity index (χ0n) is 9.26. The maximum atomic E-state index is 11.0. The van der Waals surface area contributed by atoms with Crippen LogP contribution in [-0.2, 0) is 4.74 Å². The van der Waals surface area contributed by atoms with E-state index in [0.29, 0.717) is 6.54 Å². The molecule has 1 aromatic rings. The molecule has 1 aromatic carbocycles. The Kier molecular flexibility index (Phi) is 2.39. The summed E-state index contributed by atoms with van der Waals surface area (Å²) in [7, 11) is 0. The van der Waals surface area contributed by atoms with Gasteiger partial charge in [-0.15, -0.1) is 0 Å². The molecule has 0 bridgehead atoms. The number of carbonyl (C=O) groups excluding carboxylic acids is 1. The molecule has 1 heterocycles. The number of hydrogen-bond acceptors (Lipinski definition) is 2. The number of benzene rings is 1. The van der Waals surface area contributed by atoms with E-state index in [-0.39, 0.29) is 12.2 Å². The molecule has 2 rings (SSSR count). The van der Waals surface area contributed by atoms with Crippen LogP contribution in [-0.4, -0.2) is 12.6 Å². The van der Waals surface area contributed by atoms with Crippen LogP contribution >= 0.6 is 0 Å². The van der Waals surface area contributed by atoms with Crippen LogP contribution in [0.1, 0.15) is 28.4 Å². The van der Waals surface area contributed by atoms with Gasteiger partial charge < -0.3 is 10.1 Å². The fourth-order valence-corrected chi connectivity index (χ4v) is 2.25. The molecule has 3 heteroatoms. The SMILES string of the molecule is Cc1cc(C)c(C2CNC(=O)O2)c(C)c1. The number of carbonyl (C=O) groups is 1. The summed E-state index contributed by atoms with van der Waals surface area (Å²) >= 11 is 0. The van der Waals surface area contributed by atoms with E-state index in [4.69, 9.17) is 4.74 Å². The van der Waals surface area contributed by atoms with Crippen LogP contribution in [0, 0.1) is 20.8 Å². The van der Waals surface area contributed by atoms with Gasteiger partial charge in [-0.1, -0.05) is 17.7 Å². The second-order valence-corrected chi connectivity index (χ2v) is 4.09. The monoisotopic (exact) mass is 205 g/mol. The Balaban J connectivity index is 2.39. The molecule has 1 unspecified atom stereocenters. The average molecular weight is 205 g/mol. The molecule has 1 N–H and O–H groups in total. The smallest absolute Gasteiger partial charge is 0.407 e. The first-order valence-corrected chi connectivity index (χ1v) is 5.10. The summed E-state index contributed by atoms with van der Waals surface area (Å²) in [5.74, 6) is 0. The van der Waals surface area contributed by atoms with Gasteiger partial charge in [0, 0.05) is 5.56 Å². The normalized spacial score (nSPS) is 19.9. The van der Waals surface area contributed by atoms with Gasteiger partial charge in [0.2, 0.25) is 0 Å². The summed E-state index contributed by atoms with van der Waals surface area (Å²) in [6.45, 7) is 6.76. The highest BCUT2D eigenvalue weighted by Gasteiger charge is 2.26. The van der Waals surface area contributed by atoms with Crippen molar-refractivity contribution in [3.63, 3.8) is 0 Å². The molecule has 0 aliphatic carbocycles. The van der Waals surface area contributed by atoms with Gasteiger partial charge >= 0.3 is 6.09 Å². The van der Waals surface area contributed by atoms with E-state index in [1.54, 1.807) is 0 Å². The van der Waals surface area contributed by atoms with Gasteiger partial charge in [0.15, 0.2) is 0 Å². The summed E-state index contributed by atoms with van der Waals surface area (Å²) in [6.07, 6.45) is -0.447. The summed E-state index contributed by atoms with van der Waals surface area (Å²) in [5.41, 5.74) is 4.76. The fraction of sp³-hybridized carbons (Fsp3) is 0.417. The lowest BCUT2D eigenvalue weighted by molar-refractivity contribution is 0.140. The highest BCUT2D eigenvalue weighted by Crippen LogP contribution is 2.28. The molecule has 1 saturated heterocycles. The molecule has 1 atom stereocenters. The summed E-state index contributed by atoms with van der Waals surface area (Å²) in [4.78, 5) is 11.0. The topological polar surface area (TPSA) is 38.3 Å². The highest BCUT2D eigenvalue weighted by molar-refractivity contribution is 5.70. The average Bonchev–Trinajstić information content (AvgIpc) is 2.49. The van der Waals surface area contributed by atoms with Crippen molar-refractivity contribution < 1.29 is 9.53 Å². The number of rotatable bonds is 1. The summed E-state index contributed by atoms with van der Waals surface area (Å²) in [5, 5.41) is 2.68. The van der Waals surface area contributed by atoms with Gasteiger partial charge in [0.05, 0.1) is 6.54 Å². The van der Waals surface area contributed by atoms with E-state index in [1.165, 1.54) is 16.7 Å². The number of amides is 1. The predicted molar refractivity (Wildman–Crippen MR) is 57.9 cm³/mol. The first-order chi connectivity index (χ1) is 7.08. The van der Waals surface area contributed by atoms with Crippen molar-refractivity contribution in [2.75, 3.05) is 6.54 Å². The molecular formula is C12H15NO2. The number of alkyl carbamates (subject to hydrolysis) is 1. The molecular weight excluding hydrogens is 190 g/mol. The number of aryl methyl sites for hydroxylation is 3. The molecule has 0 spiro atoms. The molecule has 1 fully saturated rings. The van der Waals surface area contributed by atoms with Crippen molar-refractivity contribution in [2.24, 2.45) is 0 Å².